The molecule has 0 radical (unpaired) electrons. The fourth-order valence-corrected chi connectivity index (χ4v) is 2.48. The summed E-state index contributed by atoms with van der Waals surface area (Å²) in [4.78, 5) is 27.5. The monoisotopic (exact) mass is 329 g/mol. The molecule has 0 N–H and O–H groups in total. The Morgan fingerprint density at radius 2 is 1.92 bits per heavy atom. The first-order chi connectivity index (χ1) is 11.6. The number of nitrogens with zero attached hydrogens (tertiary/aromatic N) is 5. The molecule has 0 aliphatic carbocycles. The van der Waals surface area contributed by atoms with E-state index in [1.807, 2.05) is 18.2 Å². The molecule has 2 heterocycles. The summed E-state index contributed by atoms with van der Waals surface area (Å²) in [7, 11) is 3.34. The number of ether oxygens (including phenoxy) is 1. The van der Waals surface area contributed by atoms with Crippen molar-refractivity contribution in [3.8, 4) is 5.75 Å². The zero-order chi connectivity index (χ0) is 17.1. The second kappa shape index (κ2) is 6.69. The second-order valence-electron chi connectivity index (χ2n) is 5.71. The molecule has 1 aromatic heterocycles. The van der Waals surface area contributed by atoms with Crippen molar-refractivity contribution < 1.29 is 14.3 Å². The van der Waals surface area contributed by atoms with Crippen LogP contribution in [0, 0.1) is 0 Å². The Bertz CT molecular complexity index is 741. The molecule has 0 atom stereocenters. The number of aromatic nitrogens is 3. The number of rotatable bonds is 4. The molecular formula is C16H19N5O3. The molecule has 24 heavy (non-hydrogen) atoms. The van der Waals surface area contributed by atoms with Gasteiger partial charge in [-0.25, -0.2) is 0 Å². The summed E-state index contributed by atoms with van der Waals surface area (Å²) in [6.07, 6.45) is 0. The van der Waals surface area contributed by atoms with Crippen LogP contribution in [0.25, 0.3) is 0 Å². The molecule has 2 amide bonds. The summed E-state index contributed by atoms with van der Waals surface area (Å²) in [5, 5.41) is 8.00. The topological polar surface area (TPSA) is 80.6 Å². The summed E-state index contributed by atoms with van der Waals surface area (Å²) >= 11 is 0. The van der Waals surface area contributed by atoms with E-state index in [1.165, 1.54) is 4.90 Å². The number of fused-ring (bicyclic) bond motifs is 1. The van der Waals surface area contributed by atoms with Gasteiger partial charge >= 0.3 is 0 Å². The number of carbonyl (C=O) groups is 2. The minimum Gasteiger partial charge on any atom is -0.484 e. The third kappa shape index (κ3) is 3.22. The molecule has 0 saturated heterocycles. The minimum atomic E-state index is -0.194. The largest absolute Gasteiger partial charge is 0.484 e. The normalized spacial score (nSPS) is 13.3. The lowest BCUT2D eigenvalue weighted by Gasteiger charge is -2.27. The third-order valence-electron chi connectivity index (χ3n) is 3.81. The van der Waals surface area contributed by atoms with Crippen molar-refractivity contribution >= 4 is 11.8 Å². The van der Waals surface area contributed by atoms with Gasteiger partial charge in [0.15, 0.2) is 12.4 Å². The Labute approximate surface area is 139 Å². The van der Waals surface area contributed by atoms with E-state index in [4.69, 9.17) is 4.74 Å². The van der Waals surface area contributed by atoms with E-state index in [1.54, 1.807) is 35.7 Å². The van der Waals surface area contributed by atoms with Crippen LogP contribution in [0.15, 0.2) is 30.3 Å². The average Bonchev–Trinajstić information content (AvgIpc) is 3.02. The van der Waals surface area contributed by atoms with Crippen LogP contribution < -0.4 is 4.74 Å². The maximum Gasteiger partial charge on any atom is 0.291 e. The number of carbonyl (C=O) groups excluding carboxylic acids is 2. The SMILES string of the molecule is CN(C)C(=O)c1nnc2n1CCN(C(=O)COc1ccccc1)C2. The summed E-state index contributed by atoms with van der Waals surface area (Å²) in [6, 6.07) is 9.20. The Kier molecular flexibility index (Phi) is 4.45. The van der Waals surface area contributed by atoms with Crippen LogP contribution in [0.5, 0.6) is 5.75 Å². The highest BCUT2D eigenvalue weighted by atomic mass is 16.5. The number of amides is 2. The second-order valence-corrected chi connectivity index (χ2v) is 5.71. The van der Waals surface area contributed by atoms with E-state index in [0.717, 1.165) is 0 Å². The molecule has 1 aliphatic heterocycles. The standard InChI is InChI=1S/C16H19N5O3/c1-19(2)16(23)15-18-17-13-10-20(8-9-21(13)15)14(22)11-24-12-6-4-3-5-7-12/h3-7H,8-11H2,1-2H3. The van der Waals surface area contributed by atoms with Crippen molar-refractivity contribution in [2.75, 3.05) is 27.2 Å². The van der Waals surface area contributed by atoms with Gasteiger partial charge in [0.2, 0.25) is 5.82 Å². The van der Waals surface area contributed by atoms with E-state index in [2.05, 4.69) is 10.2 Å². The highest BCUT2D eigenvalue weighted by Gasteiger charge is 2.27. The number of hydrogen-bond donors (Lipinski definition) is 0. The van der Waals surface area contributed by atoms with Crippen molar-refractivity contribution in [3.63, 3.8) is 0 Å². The van der Waals surface area contributed by atoms with Gasteiger partial charge in [0.1, 0.15) is 5.75 Å². The number of hydrogen-bond acceptors (Lipinski definition) is 5. The molecule has 1 aliphatic rings. The van der Waals surface area contributed by atoms with Gasteiger partial charge in [0, 0.05) is 27.2 Å². The van der Waals surface area contributed by atoms with Crippen molar-refractivity contribution in [1.29, 1.82) is 0 Å². The summed E-state index contributed by atoms with van der Waals surface area (Å²) in [5.41, 5.74) is 0. The van der Waals surface area contributed by atoms with Crippen LogP contribution in [0.2, 0.25) is 0 Å². The van der Waals surface area contributed by atoms with Gasteiger partial charge in [-0.1, -0.05) is 18.2 Å². The van der Waals surface area contributed by atoms with Gasteiger partial charge in [0.05, 0.1) is 6.54 Å². The lowest BCUT2D eigenvalue weighted by atomic mass is 10.3. The van der Waals surface area contributed by atoms with Crippen molar-refractivity contribution in [1.82, 2.24) is 24.6 Å². The van der Waals surface area contributed by atoms with E-state index in [-0.39, 0.29) is 18.4 Å². The lowest BCUT2D eigenvalue weighted by molar-refractivity contribution is -0.134. The fraction of sp³-hybridized carbons (Fsp3) is 0.375. The van der Waals surface area contributed by atoms with Crippen LogP contribution in [0.1, 0.15) is 16.4 Å². The summed E-state index contributed by atoms with van der Waals surface area (Å²) in [5.74, 6) is 1.27. The molecule has 8 heteroatoms. The Morgan fingerprint density at radius 1 is 1.17 bits per heavy atom. The average molecular weight is 329 g/mol. The van der Waals surface area contributed by atoms with Crippen LogP contribution >= 0.6 is 0 Å². The van der Waals surface area contributed by atoms with Crippen LogP contribution in [-0.4, -0.2) is 63.6 Å². The molecule has 2 aromatic rings. The first kappa shape index (κ1) is 16.0. The number of para-hydroxylation sites is 1. The zero-order valence-electron chi connectivity index (χ0n) is 13.7. The molecule has 0 unspecified atom stereocenters. The predicted octanol–water partition coefficient (Wildman–Crippen LogP) is 0.401. The molecule has 0 fully saturated rings. The van der Waals surface area contributed by atoms with Crippen LogP contribution in [-0.2, 0) is 17.9 Å². The quantitative estimate of drug-likeness (QED) is 0.811. The molecule has 126 valence electrons. The van der Waals surface area contributed by atoms with E-state index >= 15 is 0 Å². The smallest absolute Gasteiger partial charge is 0.291 e. The van der Waals surface area contributed by atoms with Crippen molar-refractivity contribution in [2.45, 2.75) is 13.1 Å². The van der Waals surface area contributed by atoms with Crippen molar-refractivity contribution in [2.24, 2.45) is 0 Å². The molecule has 8 nitrogen and oxygen atoms in total. The summed E-state index contributed by atoms with van der Waals surface area (Å²) in [6.45, 7) is 1.29. The lowest BCUT2D eigenvalue weighted by Crippen LogP contribution is -2.41. The first-order valence-corrected chi connectivity index (χ1v) is 7.65. The fourth-order valence-electron chi connectivity index (χ4n) is 2.48. The first-order valence-electron chi connectivity index (χ1n) is 7.65. The van der Waals surface area contributed by atoms with Gasteiger partial charge < -0.3 is 19.1 Å². The maximum atomic E-state index is 12.3. The number of benzene rings is 1. The van der Waals surface area contributed by atoms with E-state index in [9.17, 15) is 9.59 Å². The Hall–Kier alpha value is -2.90. The highest BCUT2D eigenvalue weighted by Crippen LogP contribution is 2.14. The van der Waals surface area contributed by atoms with Gasteiger partial charge in [-0.3, -0.25) is 9.59 Å². The van der Waals surface area contributed by atoms with Gasteiger partial charge in [-0.2, -0.15) is 0 Å². The summed E-state index contributed by atoms with van der Waals surface area (Å²) < 4.78 is 7.26. The van der Waals surface area contributed by atoms with E-state index in [0.29, 0.717) is 37.0 Å². The molecule has 0 saturated carbocycles. The molecule has 0 spiro atoms. The van der Waals surface area contributed by atoms with Gasteiger partial charge in [-0.05, 0) is 12.1 Å². The molecule has 0 bridgehead atoms. The predicted molar refractivity (Wildman–Crippen MR) is 85.4 cm³/mol. The molecule has 1 aromatic carbocycles. The van der Waals surface area contributed by atoms with Crippen molar-refractivity contribution in [3.05, 3.63) is 42.0 Å². The zero-order valence-corrected chi connectivity index (χ0v) is 13.7. The van der Waals surface area contributed by atoms with E-state index < -0.39 is 0 Å². The van der Waals surface area contributed by atoms with Gasteiger partial charge in [-0.15, -0.1) is 10.2 Å². The van der Waals surface area contributed by atoms with Crippen LogP contribution in [0.4, 0.5) is 0 Å². The highest BCUT2D eigenvalue weighted by molar-refractivity contribution is 5.90. The maximum absolute atomic E-state index is 12.3. The molecular weight excluding hydrogens is 310 g/mol. The van der Waals surface area contributed by atoms with Crippen LogP contribution in [0.3, 0.4) is 0 Å². The molecule has 3 rings (SSSR count). The van der Waals surface area contributed by atoms with Gasteiger partial charge in [0.25, 0.3) is 11.8 Å². The minimum absolute atomic E-state index is 0.0262. The third-order valence-corrected chi connectivity index (χ3v) is 3.81. The Balaban J connectivity index is 1.63. The Morgan fingerprint density at radius 3 is 2.62 bits per heavy atom.